The fourth-order valence-electron chi connectivity index (χ4n) is 1.82. The van der Waals surface area contributed by atoms with Crippen LogP contribution >= 0.6 is 0 Å². The first-order chi connectivity index (χ1) is 6.68. The molecular formula is C10H14N2O2. The zero-order valence-electron chi connectivity index (χ0n) is 8.49. The number of carbonyl (C=O) groups excluding carboxylic acids is 1. The molecule has 0 saturated carbocycles. The van der Waals surface area contributed by atoms with Crippen LogP contribution in [-0.2, 0) is 0 Å². The van der Waals surface area contributed by atoms with E-state index in [1.807, 2.05) is 0 Å². The first kappa shape index (κ1) is 9.40. The number of aromatic nitrogens is 1. The molecule has 0 aromatic carbocycles. The van der Waals surface area contributed by atoms with Crippen LogP contribution in [0.5, 0.6) is 0 Å². The molecule has 0 aliphatic carbocycles. The Hall–Kier alpha value is -1.16. The third-order valence-electron chi connectivity index (χ3n) is 2.69. The normalized spacial score (nSPS) is 22.9. The van der Waals surface area contributed by atoms with Crippen LogP contribution in [0.4, 0.5) is 0 Å². The van der Waals surface area contributed by atoms with Crippen molar-refractivity contribution in [2.45, 2.75) is 25.8 Å². The van der Waals surface area contributed by atoms with E-state index in [0.29, 0.717) is 11.6 Å². The Morgan fingerprint density at radius 1 is 1.71 bits per heavy atom. The van der Waals surface area contributed by atoms with Gasteiger partial charge in [-0.1, -0.05) is 0 Å². The van der Waals surface area contributed by atoms with E-state index >= 15 is 0 Å². The largest absolute Gasteiger partial charge is 0.446 e. The van der Waals surface area contributed by atoms with Gasteiger partial charge in [0, 0.05) is 6.92 Å². The van der Waals surface area contributed by atoms with Crippen LogP contribution < -0.4 is 0 Å². The highest BCUT2D eigenvalue weighted by molar-refractivity contribution is 5.91. The Bertz CT molecular complexity index is 346. The molecule has 2 heterocycles. The predicted molar refractivity (Wildman–Crippen MR) is 51.1 cm³/mol. The van der Waals surface area contributed by atoms with Crippen molar-refractivity contribution in [1.82, 2.24) is 9.88 Å². The molecule has 1 fully saturated rings. The Kier molecular flexibility index (Phi) is 2.37. The van der Waals surface area contributed by atoms with Crippen molar-refractivity contribution in [1.29, 1.82) is 0 Å². The van der Waals surface area contributed by atoms with E-state index in [2.05, 4.69) is 16.9 Å². The van der Waals surface area contributed by atoms with E-state index in [-0.39, 0.29) is 11.8 Å². The second-order valence-corrected chi connectivity index (χ2v) is 3.77. The summed E-state index contributed by atoms with van der Waals surface area (Å²) in [5, 5.41) is 0. The van der Waals surface area contributed by atoms with Crippen LogP contribution in [-0.4, -0.2) is 29.3 Å². The first-order valence-electron chi connectivity index (χ1n) is 4.85. The van der Waals surface area contributed by atoms with Gasteiger partial charge in [0.15, 0.2) is 5.78 Å². The summed E-state index contributed by atoms with van der Waals surface area (Å²) in [7, 11) is 2.05. The number of oxazole rings is 1. The molecule has 1 unspecified atom stereocenters. The third kappa shape index (κ3) is 1.57. The van der Waals surface area contributed by atoms with Gasteiger partial charge in [0.1, 0.15) is 12.0 Å². The number of carbonyl (C=O) groups is 1. The number of Topliss-reactive ketones (excluding diaryl/α,β-unsaturated/α-hetero) is 1. The standard InChI is InChI=1S/C10H14N2O2/c1-7(13)8-6-14-10(11-8)9-4-3-5-12(9)2/h6,9H,3-5H2,1-2H3. The van der Waals surface area contributed by atoms with Gasteiger partial charge in [-0.15, -0.1) is 0 Å². The molecule has 1 aliphatic heterocycles. The summed E-state index contributed by atoms with van der Waals surface area (Å²) in [5.74, 6) is 0.635. The highest BCUT2D eigenvalue weighted by Gasteiger charge is 2.27. The SMILES string of the molecule is CC(=O)c1coc(C2CCCN2C)n1. The van der Waals surface area contributed by atoms with E-state index in [1.54, 1.807) is 0 Å². The lowest BCUT2D eigenvalue weighted by molar-refractivity contribution is 0.101. The highest BCUT2D eigenvalue weighted by atomic mass is 16.3. The molecule has 0 radical (unpaired) electrons. The molecule has 4 heteroatoms. The average Bonchev–Trinajstić information content (AvgIpc) is 2.71. The van der Waals surface area contributed by atoms with Crippen molar-refractivity contribution in [3.05, 3.63) is 17.8 Å². The fourth-order valence-corrected chi connectivity index (χ4v) is 1.82. The van der Waals surface area contributed by atoms with E-state index in [0.717, 1.165) is 13.0 Å². The van der Waals surface area contributed by atoms with Gasteiger partial charge in [-0.05, 0) is 26.4 Å². The molecule has 76 valence electrons. The topological polar surface area (TPSA) is 46.3 Å². The number of likely N-dealkylation sites (tertiary alicyclic amines) is 1. The molecule has 0 spiro atoms. The molecule has 1 aromatic rings. The molecule has 1 atom stereocenters. The number of nitrogens with zero attached hydrogens (tertiary/aromatic N) is 2. The van der Waals surface area contributed by atoms with Crippen LogP contribution in [0.2, 0.25) is 0 Å². The monoisotopic (exact) mass is 194 g/mol. The molecule has 14 heavy (non-hydrogen) atoms. The van der Waals surface area contributed by atoms with Crippen molar-refractivity contribution >= 4 is 5.78 Å². The van der Waals surface area contributed by atoms with Crippen molar-refractivity contribution in [3.8, 4) is 0 Å². The first-order valence-corrected chi connectivity index (χ1v) is 4.85. The Morgan fingerprint density at radius 3 is 3.00 bits per heavy atom. The van der Waals surface area contributed by atoms with E-state index in [1.165, 1.54) is 19.6 Å². The maximum atomic E-state index is 11.0. The smallest absolute Gasteiger partial charge is 0.212 e. The van der Waals surface area contributed by atoms with Crippen molar-refractivity contribution in [2.24, 2.45) is 0 Å². The summed E-state index contributed by atoms with van der Waals surface area (Å²) in [6, 6.07) is 0.253. The van der Waals surface area contributed by atoms with Crippen molar-refractivity contribution < 1.29 is 9.21 Å². The second kappa shape index (κ2) is 3.53. The lowest BCUT2D eigenvalue weighted by Gasteiger charge is -2.14. The van der Waals surface area contributed by atoms with Gasteiger partial charge in [0.05, 0.1) is 6.04 Å². The summed E-state index contributed by atoms with van der Waals surface area (Å²) < 4.78 is 5.31. The zero-order chi connectivity index (χ0) is 10.1. The molecule has 1 aromatic heterocycles. The Balaban J connectivity index is 2.20. The van der Waals surface area contributed by atoms with Gasteiger partial charge < -0.3 is 4.42 Å². The van der Waals surface area contributed by atoms with Gasteiger partial charge in [-0.3, -0.25) is 9.69 Å². The van der Waals surface area contributed by atoms with Gasteiger partial charge in [0.2, 0.25) is 5.89 Å². The van der Waals surface area contributed by atoms with Crippen LogP contribution in [0.15, 0.2) is 10.7 Å². The minimum Gasteiger partial charge on any atom is -0.446 e. The van der Waals surface area contributed by atoms with Gasteiger partial charge >= 0.3 is 0 Å². The van der Waals surface area contributed by atoms with E-state index in [4.69, 9.17) is 4.42 Å². The third-order valence-corrected chi connectivity index (χ3v) is 2.69. The highest BCUT2D eigenvalue weighted by Crippen LogP contribution is 2.29. The molecule has 1 aliphatic rings. The molecule has 2 rings (SSSR count). The summed E-state index contributed by atoms with van der Waals surface area (Å²) >= 11 is 0. The zero-order valence-corrected chi connectivity index (χ0v) is 8.49. The molecule has 1 saturated heterocycles. The fraction of sp³-hybridized carbons (Fsp3) is 0.600. The van der Waals surface area contributed by atoms with Gasteiger partial charge in [-0.2, -0.15) is 0 Å². The lowest BCUT2D eigenvalue weighted by atomic mass is 10.2. The molecule has 4 nitrogen and oxygen atoms in total. The quantitative estimate of drug-likeness (QED) is 0.671. The molecule has 0 bridgehead atoms. The molecule has 0 N–H and O–H groups in total. The summed E-state index contributed by atoms with van der Waals surface area (Å²) in [6.07, 6.45) is 3.68. The van der Waals surface area contributed by atoms with Crippen LogP contribution in [0, 0.1) is 0 Å². The van der Waals surface area contributed by atoms with E-state index < -0.39 is 0 Å². The Morgan fingerprint density at radius 2 is 2.50 bits per heavy atom. The maximum Gasteiger partial charge on any atom is 0.212 e. The van der Waals surface area contributed by atoms with Crippen LogP contribution in [0.3, 0.4) is 0 Å². The van der Waals surface area contributed by atoms with Crippen LogP contribution in [0.1, 0.15) is 42.2 Å². The van der Waals surface area contributed by atoms with Crippen molar-refractivity contribution in [3.63, 3.8) is 0 Å². The number of rotatable bonds is 2. The summed E-state index contributed by atoms with van der Waals surface area (Å²) in [4.78, 5) is 17.4. The molecular weight excluding hydrogens is 180 g/mol. The summed E-state index contributed by atoms with van der Waals surface area (Å²) in [6.45, 7) is 2.57. The number of ketones is 1. The van der Waals surface area contributed by atoms with Crippen LogP contribution in [0.25, 0.3) is 0 Å². The molecule has 0 amide bonds. The number of hydrogen-bond acceptors (Lipinski definition) is 4. The van der Waals surface area contributed by atoms with Gasteiger partial charge in [-0.25, -0.2) is 4.98 Å². The lowest BCUT2D eigenvalue weighted by Crippen LogP contribution is -2.17. The minimum atomic E-state index is -0.0411. The van der Waals surface area contributed by atoms with E-state index in [9.17, 15) is 4.79 Å². The van der Waals surface area contributed by atoms with Crippen molar-refractivity contribution in [2.75, 3.05) is 13.6 Å². The summed E-state index contributed by atoms with van der Waals surface area (Å²) in [5.41, 5.74) is 0.431. The second-order valence-electron chi connectivity index (χ2n) is 3.77. The van der Waals surface area contributed by atoms with Gasteiger partial charge in [0.25, 0.3) is 0 Å². The number of hydrogen-bond donors (Lipinski definition) is 0. The average molecular weight is 194 g/mol. The Labute approximate surface area is 82.9 Å². The predicted octanol–water partition coefficient (Wildman–Crippen LogP) is 1.64. The minimum absolute atomic E-state index is 0.0411. The maximum absolute atomic E-state index is 11.0.